The zero-order chi connectivity index (χ0) is 15.9. The molecule has 1 saturated heterocycles. The van der Waals surface area contributed by atoms with Crippen LogP contribution in [0.5, 0.6) is 0 Å². The lowest BCUT2D eigenvalue weighted by atomic mass is 9.94. The molecule has 122 valence electrons. The smallest absolute Gasteiger partial charge is 0.326 e. The number of hydrogen-bond acceptors (Lipinski definition) is 5. The molecule has 7 nitrogen and oxygen atoms in total. The van der Waals surface area contributed by atoms with Crippen LogP contribution in [0, 0.1) is 5.92 Å². The zero-order valence-electron chi connectivity index (χ0n) is 12.3. The van der Waals surface area contributed by atoms with Crippen LogP contribution in [0.25, 0.3) is 0 Å². The molecule has 0 aliphatic carbocycles. The summed E-state index contributed by atoms with van der Waals surface area (Å²) in [5.41, 5.74) is 0. The number of carboxylic acid groups (broad SMARTS) is 1. The maximum absolute atomic E-state index is 11.8. The highest BCUT2D eigenvalue weighted by molar-refractivity contribution is 7.90. The van der Waals surface area contributed by atoms with E-state index >= 15 is 0 Å². The van der Waals surface area contributed by atoms with E-state index in [0.29, 0.717) is 5.92 Å². The summed E-state index contributed by atoms with van der Waals surface area (Å²) in [4.78, 5) is 22.8. The molecule has 1 rings (SSSR count). The standard InChI is InChI=1S/C13H24N2O5S/c1-21(19,20)8-6-11(13(17)18)15-12(16)5-4-10-3-2-7-14-9-10/h10-11,14H,2-9H2,1H3,(H,15,16)(H,17,18). The molecule has 0 aromatic rings. The van der Waals surface area contributed by atoms with Gasteiger partial charge in [-0.1, -0.05) is 0 Å². The van der Waals surface area contributed by atoms with E-state index in [1.807, 2.05) is 0 Å². The number of rotatable bonds is 8. The van der Waals surface area contributed by atoms with E-state index in [1.165, 1.54) is 0 Å². The van der Waals surface area contributed by atoms with E-state index in [1.54, 1.807) is 0 Å². The number of carboxylic acids is 1. The third-order valence-electron chi connectivity index (χ3n) is 3.59. The Morgan fingerprint density at radius 3 is 2.67 bits per heavy atom. The second-order valence-electron chi connectivity index (χ2n) is 5.63. The third-order valence-corrected chi connectivity index (χ3v) is 4.57. The van der Waals surface area contributed by atoms with Crippen molar-refractivity contribution < 1.29 is 23.1 Å². The highest BCUT2D eigenvalue weighted by Crippen LogP contribution is 2.15. The summed E-state index contributed by atoms with van der Waals surface area (Å²) in [5.74, 6) is -1.34. The van der Waals surface area contributed by atoms with Crippen molar-refractivity contribution in [2.24, 2.45) is 5.92 Å². The highest BCUT2D eigenvalue weighted by atomic mass is 32.2. The molecule has 3 N–H and O–H groups in total. The van der Waals surface area contributed by atoms with Gasteiger partial charge in [0.1, 0.15) is 15.9 Å². The molecule has 8 heteroatoms. The van der Waals surface area contributed by atoms with Crippen LogP contribution < -0.4 is 10.6 Å². The lowest BCUT2D eigenvalue weighted by Crippen LogP contribution is -2.42. The Kier molecular flexibility index (Phi) is 7.10. The van der Waals surface area contributed by atoms with Gasteiger partial charge in [-0.25, -0.2) is 13.2 Å². The van der Waals surface area contributed by atoms with Crippen molar-refractivity contribution in [3.63, 3.8) is 0 Å². The summed E-state index contributed by atoms with van der Waals surface area (Å²) in [7, 11) is -3.24. The average molecular weight is 320 g/mol. The molecule has 1 amide bonds. The molecule has 0 bridgehead atoms. The molecule has 2 atom stereocenters. The fourth-order valence-electron chi connectivity index (χ4n) is 2.36. The maximum Gasteiger partial charge on any atom is 0.326 e. The van der Waals surface area contributed by atoms with Crippen molar-refractivity contribution in [1.29, 1.82) is 0 Å². The Hall–Kier alpha value is -1.15. The van der Waals surface area contributed by atoms with Gasteiger partial charge in [0.2, 0.25) is 5.91 Å². The van der Waals surface area contributed by atoms with Crippen LogP contribution in [0.3, 0.4) is 0 Å². The lowest BCUT2D eigenvalue weighted by molar-refractivity contribution is -0.141. The van der Waals surface area contributed by atoms with Gasteiger partial charge in [0.25, 0.3) is 0 Å². The van der Waals surface area contributed by atoms with E-state index in [-0.39, 0.29) is 24.5 Å². The summed E-state index contributed by atoms with van der Waals surface area (Å²) in [6.07, 6.45) is 4.11. The van der Waals surface area contributed by atoms with Crippen molar-refractivity contribution in [1.82, 2.24) is 10.6 Å². The molecule has 0 saturated carbocycles. The van der Waals surface area contributed by atoms with Gasteiger partial charge in [0, 0.05) is 12.7 Å². The summed E-state index contributed by atoms with van der Waals surface area (Å²) >= 11 is 0. The molecule has 1 fully saturated rings. The fourth-order valence-corrected chi connectivity index (χ4v) is 3.03. The van der Waals surface area contributed by atoms with Crippen molar-refractivity contribution in [2.75, 3.05) is 25.1 Å². The molecule has 0 aromatic heterocycles. The summed E-state index contributed by atoms with van der Waals surface area (Å²) < 4.78 is 22.1. The summed E-state index contributed by atoms with van der Waals surface area (Å²) in [6, 6.07) is -1.14. The Balaban J connectivity index is 2.35. The first kappa shape index (κ1) is 17.9. The van der Waals surface area contributed by atoms with Crippen LogP contribution >= 0.6 is 0 Å². The van der Waals surface area contributed by atoms with Crippen molar-refractivity contribution >= 4 is 21.7 Å². The van der Waals surface area contributed by atoms with Gasteiger partial charge in [-0.3, -0.25) is 4.79 Å². The first-order chi connectivity index (χ1) is 9.78. The second kappa shape index (κ2) is 8.33. The summed E-state index contributed by atoms with van der Waals surface area (Å²) in [6.45, 7) is 1.90. The second-order valence-corrected chi connectivity index (χ2v) is 7.89. The molecular weight excluding hydrogens is 296 g/mol. The van der Waals surface area contributed by atoms with Crippen molar-refractivity contribution in [2.45, 2.75) is 38.1 Å². The number of nitrogens with one attached hydrogen (secondary N) is 2. The van der Waals surface area contributed by atoms with E-state index in [2.05, 4.69) is 10.6 Å². The monoisotopic (exact) mass is 320 g/mol. The number of carbonyl (C=O) groups is 2. The van der Waals surface area contributed by atoms with E-state index in [0.717, 1.165) is 38.6 Å². The lowest BCUT2D eigenvalue weighted by Gasteiger charge is -2.22. The molecule has 1 heterocycles. The van der Waals surface area contributed by atoms with Gasteiger partial charge in [0.05, 0.1) is 5.75 Å². The number of amides is 1. The number of piperidine rings is 1. The first-order valence-electron chi connectivity index (χ1n) is 7.18. The molecule has 1 aliphatic heterocycles. The van der Waals surface area contributed by atoms with Crippen molar-refractivity contribution in [3.8, 4) is 0 Å². The predicted molar refractivity (Wildman–Crippen MR) is 78.7 cm³/mol. The minimum Gasteiger partial charge on any atom is -0.480 e. The Morgan fingerprint density at radius 1 is 1.43 bits per heavy atom. The van der Waals surface area contributed by atoms with Gasteiger partial charge >= 0.3 is 5.97 Å². The normalized spacial score (nSPS) is 20.7. The van der Waals surface area contributed by atoms with E-state index in [4.69, 9.17) is 5.11 Å². The first-order valence-corrected chi connectivity index (χ1v) is 9.24. The van der Waals surface area contributed by atoms with Gasteiger partial charge in [-0.05, 0) is 44.7 Å². The van der Waals surface area contributed by atoms with Crippen LogP contribution in [-0.4, -0.2) is 56.5 Å². The van der Waals surface area contributed by atoms with E-state index in [9.17, 15) is 18.0 Å². The van der Waals surface area contributed by atoms with Gasteiger partial charge in [-0.15, -0.1) is 0 Å². The molecule has 21 heavy (non-hydrogen) atoms. The quantitative estimate of drug-likeness (QED) is 0.569. The summed E-state index contributed by atoms with van der Waals surface area (Å²) in [5, 5.41) is 14.7. The largest absolute Gasteiger partial charge is 0.480 e. The van der Waals surface area contributed by atoms with E-state index < -0.39 is 21.8 Å². The van der Waals surface area contributed by atoms with Crippen LogP contribution in [0.15, 0.2) is 0 Å². The van der Waals surface area contributed by atoms with Crippen molar-refractivity contribution in [3.05, 3.63) is 0 Å². The fraction of sp³-hybridized carbons (Fsp3) is 0.846. The number of hydrogen-bond donors (Lipinski definition) is 3. The zero-order valence-corrected chi connectivity index (χ0v) is 13.1. The molecule has 0 aromatic carbocycles. The van der Waals surface area contributed by atoms with Crippen LogP contribution in [0.4, 0.5) is 0 Å². The maximum atomic E-state index is 11.8. The predicted octanol–water partition coefficient (Wildman–Crippen LogP) is -0.230. The Morgan fingerprint density at radius 2 is 2.14 bits per heavy atom. The third kappa shape index (κ3) is 8.01. The molecular formula is C13H24N2O5S. The topological polar surface area (TPSA) is 113 Å². The SMILES string of the molecule is CS(=O)(=O)CCC(NC(=O)CCC1CCCNC1)C(=O)O. The average Bonchev–Trinajstić information content (AvgIpc) is 2.41. The highest BCUT2D eigenvalue weighted by Gasteiger charge is 2.22. The van der Waals surface area contributed by atoms with Gasteiger partial charge in [-0.2, -0.15) is 0 Å². The molecule has 2 unspecified atom stereocenters. The van der Waals surface area contributed by atoms with Crippen LogP contribution in [-0.2, 0) is 19.4 Å². The minimum atomic E-state index is -3.24. The Labute approximate surface area is 125 Å². The molecule has 0 radical (unpaired) electrons. The number of aliphatic carboxylic acids is 1. The van der Waals surface area contributed by atoms with Gasteiger partial charge in [0.15, 0.2) is 0 Å². The van der Waals surface area contributed by atoms with Crippen LogP contribution in [0.1, 0.15) is 32.1 Å². The Bertz CT molecular complexity index is 457. The minimum absolute atomic E-state index is 0.106. The number of sulfone groups is 1. The molecule has 0 spiro atoms. The van der Waals surface area contributed by atoms with Gasteiger partial charge < -0.3 is 15.7 Å². The number of carbonyl (C=O) groups excluding carboxylic acids is 1. The molecule has 1 aliphatic rings. The van der Waals surface area contributed by atoms with Crippen LogP contribution in [0.2, 0.25) is 0 Å².